The summed E-state index contributed by atoms with van der Waals surface area (Å²) in [6, 6.07) is 7.49. The van der Waals surface area contributed by atoms with E-state index < -0.39 is 0 Å². The van der Waals surface area contributed by atoms with E-state index in [1.165, 1.54) is 0 Å². The first-order chi connectivity index (χ1) is 8.16. The zero-order valence-corrected chi connectivity index (χ0v) is 10.3. The minimum atomic E-state index is 0.333. The van der Waals surface area contributed by atoms with Crippen LogP contribution in [0.4, 0.5) is 5.82 Å². The molecule has 2 aromatic rings. The van der Waals surface area contributed by atoms with Crippen molar-refractivity contribution in [3.05, 3.63) is 47.5 Å². The van der Waals surface area contributed by atoms with E-state index in [4.69, 9.17) is 22.4 Å². The molecular weight excluding hydrogens is 234 g/mol. The number of furan rings is 1. The Balaban J connectivity index is 2.19. The highest BCUT2D eigenvalue weighted by atomic mass is 32.1. The van der Waals surface area contributed by atoms with Crippen LogP contribution in [0, 0.1) is 6.92 Å². The first-order valence-electron chi connectivity index (χ1n) is 5.20. The molecule has 17 heavy (non-hydrogen) atoms. The second kappa shape index (κ2) is 4.97. The first-order valence-corrected chi connectivity index (χ1v) is 5.61. The Morgan fingerprint density at radius 1 is 1.47 bits per heavy atom. The first kappa shape index (κ1) is 11.6. The maximum atomic E-state index is 5.64. The molecule has 3 N–H and O–H groups in total. The summed E-state index contributed by atoms with van der Waals surface area (Å²) in [5, 5.41) is 3.17. The fraction of sp³-hybridized carbons (Fsp3) is 0.167. The van der Waals surface area contributed by atoms with Gasteiger partial charge in [0.15, 0.2) is 0 Å². The van der Waals surface area contributed by atoms with Crippen LogP contribution >= 0.6 is 12.2 Å². The van der Waals surface area contributed by atoms with Crippen LogP contribution in [0.2, 0.25) is 0 Å². The lowest BCUT2D eigenvalue weighted by molar-refractivity contribution is 0.518. The molecule has 88 valence electrons. The van der Waals surface area contributed by atoms with Crippen molar-refractivity contribution in [3.63, 3.8) is 0 Å². The van der Waals surface area contributed by atoms with Gasteiger partial charge in [0.25, 0.3) is 0 Å². The number of rotatable bonds is 4. The number of anilines is 1. The Morgan fingerprint density at radius 2 is 2.29 bits per heavy atom. The lowest BCUT2D eigenvalue weighted by Gasteiger charge is -2.09. The molecule has 4 nitrogen and oxygen atoms in total. The van der Waals surface area contributed by atoms with Crippen molar-refractivity contribution in [1.82, 2.24) is 4.98 Å². The van der Waals surface area contributed by atoms with Crippen molar-refractivity contribution in [2.75, 3.05) is 5.32 Å². The maximum absolute atomic E-state index is 5.64. The van der Waals surface area contributed by atoms with Crippen LogP contribution in [0.1, 0.15) is 17.0 Å². The van der Waals surface area contributed by atoms with Crippen LogP contribution in [0.3, 0.4) is 0 Å². The van der Waals surface area contributed by atoms with E-state index in [9.17, 15) is 0 Å². The number of hydrogen-bond acceptors (Lipinski definition) is 4. The Morgan fingerprint density at radius 3 is 2.94 bits per heavy atom. The summed E-state index contributed by atoms with van der Waals surface area (Å²) in [6.07, 6.45) is 1.63. The van der Waals surface area contributed by atoms with Crippen molar-refractivity contribution >= 4 is 23.0 Å². The van der Waals surface area contributed by atoms with Gasteiger partial charge in [0, 0.05) is 5.69 Å². The van der Waals surface area contributed by atoms with Crippen molar-refractivity contribution in [1.29, 1.82) is 0 Å². The van der Waals surface area contributed by atoms with E-state index >= 15 is 0 Å². The van der Waals surface area contributed by atoms with Gasteiger partial charge < -0.3 is 15.5 Å². The number of nitrogens with one attached hydrogen (secondary N) is 1. The average molecular weight is 247 g/mol. The molecule has 0 aliphatic carbocycles. The predicted octanol–water partition coefficient (Wildman–Crippen LogP) is 2.23. The van der Waals surface area contributed by atoms with Crippen molar-refractivity contribution in [2.45, 2.75) is 13.5 Å². The van der Waals surface area contributed by atoms with E-state index in [0.29, 0.717) is 17.4 Å². The molecular formula is C12H13N3OS. The Bertz CT molecular complexity index is 523. The Labute approximate surface area is 105 Å². The Hall–Kier alpha value is -1.88. The molecule has 0 bridgehead atoms. The molecule has 0 aromatic carbocycles. The van der Waals surface area contributed by atoms with E-state index in [1.807, 2.05) is 31.2 Å². The van der Waals surface area contributed by atoms with Crippen LogP contribution in [-0.4, -0.2) is 9.97 Å². The second-order valence-electron chi connectivity index (χ2n) is 3.65. The van der Waals surface area contributed by atoms with Gasteiger partial charge in [-0.25, -0.2) is 4.98 Å². The molecule has 0 spiro atoms. The number of aryl methyl sites for hydroxylation is 1. The fourth-order valence-electron chi connectivity index (χ4n) is 1.47. The third-order valence-electron chi connectivity index (χ3n) is 2.31. The van der Waals surface area contributed by atoms with Gasteiger partial charge in [0.2, 0.25) is 0 Å². The summed E-state index contributed by atoms with van der Waals surface area (Å²) in [5.74, 6) is 1.52. The lowest BCUT2D eigenvalue weighted by atomic mass is 10.2. The molecule has 0 unspecified atom stereocenters. The van der Waals surface area contributed by atoms with E-state index in [1.54, 1.807) is 6.26 Å². The SMILES string of the molecule is Cc1ccc(C(N)=S)c(NCc2ccco2)n1. The van der Waals surface area contributed by atoms with Gasteiger partial charge in [-0.05, 0) is 31.2 Å². The minimum Gasteiger partial charge on any atom is -0.467 e. The molecule has 2 aromatic heterocycles. The number of aromatic nitrogens is 1. The third kappa shape index (κ3) is 2.82. The minimum absolute atomic E-state index is 0.333. The van der Waals surface area contributed by atoms with Gasteiger partial charge in [-0.2, -0.15) is 0 Å². The van der Waals surface area contributed by atoms with Crippen LogP contribution < -0.4 is 11.1 Å². The second-order valence-corrected chi connectivity index (χ2v) is 4.09. The van der Waals surface area contributed by atoms with Crippen molar-refractivity contribution < 1.29 is 4.42 Å². The summed E-state index contributed by atoms with van der Waals surface area (Å²) >= 11 is 4.98. The summed E-state index contributed by atoms with van der Waals surface area (Å²) in [6.45, 7) is 2.47. The summed E-state index contributed by atoms with van der Waals surface area (Å²) in [4.78, 5) is 4.71. The zero-order chi connectivity index (χ0) is 12.3. The number of thiocarbonyl (C=S) groups is 1. The molecule has 0 fully saturated rings. The smallest absolute Gasteiger partial charge is 0.136 e. The molecule has 5 heteroatoms. The highest BCUT2D eigenvalue weighted by molar-refractivity contribution is 7.80. The molecule has 0 aliphatic heterocycles. The maximum Gasteiger partial charge on any atom is 0.136 e. The van der Waals surface area contributed by atoms with Gasteiger partial charge in [-0.1, -0.05) is 12.2 Å². The molecule has 2 heterocycles. The topological polar surface area (TPSA) is 64.1 Å². The third-order valence-corrected chi connectivity index (χ3v) is 2.53. The summed E-state index contributed by atoms with van der Waals surface area (Å²) in [7, 11) is 0. The van der Waals surface area contributed by atoms with Gasteiger partial charge in [0.05, 0.1) is 18.4 Å². The highest BCUT2D eigenvalue weighted by Crippen LogP contribution is 2.14. The zero-order valence-electron chi connectivity index (χ0n) is 9.43. The fourth-order valence-corrected chi connectivity index (χ4v) is 1.64. The molecule has 0 saturated heterocycles. The molecule has 0 radical (unpaired) electrons. The molecule has 0 aliphatic rings. The van der Waals surface area contributed by atoms with Crippen LogP contribution in [-0.2, 0) is 6.54 Å². The Kier molecular flexibility index (Phi) is 3.39. The van der Waals surface area contributed by atoms with E-state index in [2.05, 4.69) is 10.3 Å². The molecule has 0 amide bonds. The van der Waals surface area contributed by atoms with E-state index in [-0.39, 0.29) is 0 Å². The largest absolute Gasteiger partial charge is 0.467 e. The number of pyridine rings is 1. The van der Waals surface area contributed by atoms with Crippen molar-refractivity contribution in [2.24, 2.45) is 5.73 Å². The standard InChI is InChI=1S/C12H13N3OS/c1-8-4-5-10(11(13)17)12(15-8)14-7-9-3-2-6-16-9/h2-6H,7H2,1H3,(H2,13,17)(H,14,15). The van der Waals surface area contributed by atoms with Gasteiger partial charge in [-0.15, -0.1) is 0 Å². The van der Waals surface area contributed by atoms with Crippen LogP contribution in [0.25, 0.3) is 0 Å². The van der Waals surface area contributed by atoms with Crippen LogP contribution in [0.5, 0.6) is 0 Å². The summed E-state index contributed by atoms with van der Waals surface area (Å²) < 4.78 is 5.23. The molecule has 0 saturated carbocycles. The number of nitrogens with zero attached hydrogens (tertiary/aromatic N) is 1. The lowest BCUT2D eigenvalue weighted by Crippen LogP contribution is -2.14. The van der Waals surface area contributed by atoms with Crippen molar-refractivity contribution in [3.8, 4) is 0 Å². The average Bonchev–Trinajstić information content (AvgIpc) is 2.78. The van der Waals surface area contributed by atoms with Gasteiger partial charge in [0.1, 0.15) is 16.6 Å². The van der Waals surface area contributed by atoms with Crippen LogP contribution in [0.15, 0.2) is 34.9 Å². The monoisotopic (exact) mass is 247 g/mol. The highest BCUT2D eigenvalue weighted by Gasteiger charge is 2.07. The predicted molar refractivity (Wildman–Crippen MR) is 70.9 cm³/mol. The number of hydrogen-bond donors (Lipinski definition) is 2. The van der Waals surface area contributed by atoms with Gasteiger partial charge in [-0.3, -0.25) is 0 Å². The van der Waals surface area contributed by atoms with Gasteiger partial charge >= 0.3 is 0 Å². The molecule has 0 atom stereocenters. The quantitative estimate of drug-likeness (QED) is 0.811. The summed E-state index contributed by atoms with van der Waals surface area (Å²) in [5.41, 5.74) is 7.30. The normalized spacial score (nSPS) is 10.2. The number of nitrogens with two attached hydrogens (primary N) is 1. The van der Waals surface area contributed by atoms with E-state index in [0.717, 1.165) is 17.0 Å². The molecule has 2 rings (SSSR count).